The van der Waals surface area contributed by atoms with Gasteiger partial charge in [-0.1, -0.05) is 54.6 Å². The van der Waals surface area contributed by atoms with Crippen molar-refractivity contribution in [2.24, 2.45) is 0 Å². The zero-order valence-electron chi connectivity index (χ0n) is 10.9. The highest BCUT2D eigenvalue weighted by atomic mass is 14.3. The van der Waals surface area contributed by atoms with Crippen molar-refractivity contribution in [3.8, 4) is 11.1 Å². The Kier molecular flexibility index (Phi) is 2.13. The Morgan fingerprint density at radius 2 is 1.21 bits per heavy atom. The molecule has 0 unspecified atom stereocenters. The van der Waals surface area contributed by atoms with Crippen molar-refractivity contribution in [1.82, 2.24) is 0 Å². The SMILES string of the molecule is C/C=C1/c2ccccc2-c2cc3ccccc3cc21. The van der Waals surface area contributed by atoms with Crippen LogP contribution in [0, 0.1) is 0 Å². The van der Waals surface area contributed by atoms with Gasteiger partial charge in [-0.25, -0.2) is 0 Å². The zero-order chi connectivity index (χ0) is 12.8. The van der Waals surface area contributed by atoms with Crippen LogP contribution in [0.3, 0.4) is 0 Å². The second kappa shape index (κ2) is 3.83. The van der Waals surface area contributed by atoms with E-state index < -0.39 is 0 Å². The highest BCUT2D eigenvalue weighted by Gasteiger charge is 2.22. The van der Waals surface area contributed by atoms with Gasteiger partial charge in [0.05, 0.1) is 0 Å². The highest BCUT2D eigenvalue weighted by molar-refractivity contribution is 6.05. The molecule has 0 amide bonds. The van der Waals surface area contributed by atoms with Crippen molar-refractivity contribution in [2.75, 3.05) is 0 Å². The molecule has 1 aliphatic rings. The van der Waals surface area contributed by atoms with Crippen molar-refractivity contribution < 1.29 is 0 Å². The second-order valence-corrected chi connectivity index (χ2v) is 4.99. The van der Waals surface area contributed by atoms with Gasteiger partial charge in [0.15, 0.2) is 0 Å². The van der Waals surface area contributed by atoms with E-state index in [4.69, 9.17) is 0 Å². The van der Waals surface area contributed by atoms with Gasteiger partial charge in [-0.05, 0) is 57.7 Å². The summed E-state index contributed by atoms with van der Waals surface area (Å²) >= 11 is 0. The Bertz CT molecular complexity index is 822. The molecule has 0 N–H and O–H groups in total. The fourth-order valence-electron chi connectivity index (χ4n) is 3.09. The maximum absolute atomic E-state index is 2.32. The molecule has 0 heteroatoms. The van der Waals surface area contributed by atoms with Gasteiger partial charge in [0.2, 0.25) is 0 Å². The van der Waals surface area contributed by atoms with Crippen molar-refractivity contribution in [3.05, 3.63) is 77.9 Å². The third-order valence-corrected chi connectivity index (χ3v) is 3.97. The summed E-state index contributed by atoms with van der Waals surface area (Å²) in [6.07, 6.45) is 2.22. The summed E-state index contributed by atoms with van der Waals surface area (Å²) in [6.45, 7) is 2.12. The molecule has 3 aromatic carbocycles. The predicted octanol–water partition coefficient (Wildman–Crippen LogP) is 5.27. The maximum atomic E-state index is 2.32. The molecule has 0 radical (unpaired) electrons. The molecule has 0 spiro atoms. The standard InChI is InChI=1S/C19H14/c1-2-15-16-9-5-6-10-17(16)19-12-14-8-4-3-7-13(14)11-18(15)19/h2-12H,1H3/b15-2-. The van der Waals surface area contributed by atoms with E-state index >= 15 is 0 Å². The minimum absolute atomic E-state index is 1.31. The van der Waals surface area contributed by atoms with E-state index in [1.807, 2.05) is 0 Å². The lowest BCUT2D eigenvalue weighted by Gasteiger charge is -2.04. The van der Waals surface area contributed by atoms with E-state index in [0.717, 1.165) is 0 Å². The molecular formula is C19H14. The largest absolute Gasteiger partial charge is 0.0791 e. The van der Waals surface area contributed by atoms with E-state index in [0.29, 0.717) is 0 Å². The summed E-state index contributed by atoms with van der Waals surface area (Å²) in [5.74, 6) is 0. The van der Waals surface area contributed by atoms with Crippen LogP contribution in [-0.4, -0.2) is 0 Å². The quantitative estimate of drug-likeness (QED) is 0.394. The maximum Gasteiger partial charge on any atom is -0.00927 e. The van der Waals surface area contributed by atoms with Crippen molar-refractivity contribution in [1.29, 1.82) is 0 Å². The lowest BCUT2D eigenvalue weighted by Crippen LogP contribution is -1.81. The Labute approximate surface area is 113 Å². The molecule has 3 aromatic rings. The van der Waals surface area contributed by atoms with Gasteiger partial charge >= 0.3 is 0 Å². The van der Waals surface area contributed by atoms with Crippen LogP contribution in [0.5, 0.6) is 0 Å². The summed E-state index contributed by atoms with van der Waals surface area (Å²) < 4.78 is 0. The molecule has 0 saturated carbocycles. The van der Waals surface area contributed by atoms with Gasteiger partial charge in [0, 0.05) is 0 Å². The van der Waals surface area contributed by atoms with Crippen LogP contribution in [0.4, 0.5) is 0 Å². The number of hydrogen-bond acceptors (Lipinski definition) is 0. The van der Waals surface area contributed by atoms with Crippen LogP contribution in [0.15, 0.2) is 66.7 Å². The monoisotopic (exact) mass is 242 g/mol. The van der Waals surface area contributed by atoms with E-state index in [-0.39, 0.29) is 0 Å². The van der Waals surface area contributed by atoms with Crippen LogP contribution in [0.1, 0.15) is 18.1 Å². The first kappa shape index (κ1) is 10.6. The number of benzene rings is 3. The molecule has 0 saturated heterocycles. The van der Waals surface area contributed by atoms with Gasteiger partial charge in [-0.3, -0.25) is 0 Å². The fraction of sp³-hybridized carbons (Fsp3) is 0.0526. The smallest absolute Gasteiger partial charge is 0.00927 e. The molecule has 19 heavy (non-hydrogen) atoms. The topological polar surface area (TPSA) is 0 Å². The molecule has 0 aliphatic heterocycles. The van der Waals surface area contributed by atoms with Crippen LogP contribution in [0.2, 0.25) is 0 Å². The van der Waals surface area contributed by atoms with Crippen LogP contribution in [-0.2, 0) is 0 Å². The van der Waals surface area contributed by atoms with Crippen molar-refractivity contribution in [3.63, 3.8) is 0 Å². The number of allylic oxidation sites excluding steroid dienone is 1. The first-order valence-corrected chi connectivity index (χ1v) is 6.68. The van der Waals surface area contributed by atoms with Gasteiger partial charge in [0.25, 0.3) is 0 Å². The Balaban J connectivity index is 2.14. The second-order valence-electron chi connectivity index (χ2n) is 4.99. The normalized spacial score (nSPS) is 14.7. The number of rotatable bonds is 0. The van der Waals surface area contributed by atoms with Crippen molar-refractivity contribution in [2.45, 2.75) is 6.92 Å². The summed E-state index contributed by atoms with van der Waals surface area (Å²) in [7, 11) is 0. The first-order valence-electron chi connectivity index (χ1n) is 6.68. The molecule has 4 rings (SSSR count). The molecule has 1 aliphatic carbocycles. The number of fused-ring (bicyclic) bond motifs is 4. The fourth-order valence-corrected chi connectivity index (χ4v) is 3.09. The Morgan fingerprint density at radius 1 is 0.632 bits per heavy atom. The molecule has 0 aromatic heterocycles. The molecule has 0 nitrogen and oxygen atoms in total. The van der Waals surface area contributed by atoms with Crippen LogP contribution < -0.4 is 0 Å². The molecule has 0 bridgehead atoms. The Morgan fingerprint density at radius 3 is 1.89 bits per heavy atom. The molecule has 0 atom stereocenters. The lowest BCUT2D eigenvalue weighted by molar-refractivity contribution is 1.63. The molecule has 0 heterocycles. The molecule has 90 valence electrons. The third kappa shape index (κ3) is 1.40. The summed E-state index contributed by atoms with van der Waals surface area (Å²) in [6, 6.07) is 21.9. The summed E-state index contributed by atoms with van der Waals surface area (Å²) in [4.78, 5) is 0. The van der Waals surface area contributed by atoms with Crippen molar-refractivity contribution >= 4 is 16.3 Å². The summed E-state index contributed by atoms with van der Waals surface area (Å²) in [5, 5.41) is 2.63. The van der Waals surface area contributed by atoms with Crippen LogP contribution >= 0.6 is 0 Å². The predicted molar refractivity (Wildman–Crippen MR) is 82.1 cm³/mol. The summed E-state index contributed by atoms with van der Waals surface area (Å²) in [5.41, 5.74) is 6.80. The van der Waals surface area contributed by atoms with Gasteiger partial charge in [0.1, 0.15) is 0 Å². The minimum atomic E-state index is 1.31. The minimum Gasteiger partial charge on any atom is -0.0791 e. The number of hydrogen-bond donors (Lipinski definition) is 0. The van der Waals surface area contributed by atoms with E-state index in [2.05, 4.69) is 73.7 Å². The van der Waals surface area contributed by atoms with Crippen LogP contribution in [0.25, 0.3) is 27.5 Å². The third-order valence-electron chi connectivity index (χ3n) is 3.97. The average molecular weight is 242 g/mol. The first-order chi connectivity index (χ1) is 9.38. The molecule has 0 fully saturated rings. The lowest BCUT2D eigenvalue weighted by atomic mass is 9.99. The van der Waals surface area contributed by atoms with E-state index in [9.17, 15) is 0 Å². The highest BCUT2D eigenvalue weighted by Crippen LogP contribution is 2.45. The average Bonchev–Trinajstić information content (AvgIpc) is 2.78. The van der Waals surface area contributed by atoms with E-state index in [1.54, 1.807) is 0 Å². The Hall–Kier alpha value is -2.34. The molecular weight excluding hydrogens is 228 g/mol. The zero-order valence-corrected chi connectivity index (χ0v) is 10.9. The van der Waals surface area contributed by atoms with Gasteiger partial charge < -0.3 is 0 Å². The van der Waals surface area contributed by atoms with E-state index in [1.165, 1.54) is 38.6 Å². The van der Waals surface area contributed by atoms with Gasteiger partial charge in [-0.15, -0.1) is 0 Å². The van der Waals surface area contributed by atoms with Gasteiger partial charge in [-0.2, -0.15) is 0 Å².